The average Bonchev–Trinajstić information content (AvgIpc) is 2.23. The Bertz CT molecular complexity index is 445. The van der Waals surface area contributed by atoms with E-state index in [1.807, 2.05) is 0 Å². The van der Waals surface area contributed by atoms with Crippen molar-refractivity contribution in [1.82, 2.24) is 0 Å². The van der Waals surface area contributed by atoms with Gasteiger partial charge in [-0.1, -0.05) is 0 Å². The normalized spacial score (nSPS) is 19.9. The first kappa shape index (κ1) is 7.77. The summed E-state index contributed by atoms with van der Waals surface area (Å²) in [5.74, 6) is -27.0. The van der Waals surface area contributed by atoms with Crippen LogP contribution in [0.4, 0.5) is 26.3 Å². The van der Waals surface area contributed by atoms with Gasteiger partial charge in [-0.15, -0.1) is 0 Å². The van der Waals surface area contributed by atoms with Crippen LogP contribution in [-0.2, 0) is 19.1 Å². The Hall–Kier alpha value is -1.48. The molecule has 10 heteroatoms. The highest BCUT2D eigenvalue weighted by molar-refractivity contribution is 5.84. The van der Waals surface area contributed by atoms with Gasteiger partial charge in [-0.05, 0) is 0 Å². The number of rotatable bonds is 4. The standard InChI is InChI=1S/C7H6F6O4/c1-16-3(14)5(8,9)7(12,13)6(10,11)4(15)17-2/h1-2H3/i1D3,2D3. The number of carbonyl (C=O) groups is 2. The number of alkyl halides is 6. The van der Waals surface area contributed by atoms with Gasteiger partial charge in [0.05, 0.1) is 22.3 Å². The minimum absolute atomic E-state index is 2.90. The maximum atomic E-state index is 13.2. The van der Waals surface area contributed by atoms with E-state index >= 15 is 0 Å². The molecule has 17 heavy (non-hydrogen) atoms. The minimum atomic E-state index is -6.84. The number of carbonyl (C=O) groups excluding carboxylic acids is 2. The van der Waals surface area contributed by atoms with Crippen molar-refractivity contribution in [2.75, 3.05) is 14.1 Å². The Morgan fingerprint density at radius 1 is 0.882 bits per heavy atom. The maximum absolute atomic E-state index is 13.2. The molecular weight excluding hydrogens is 262 g/mol. The Morgan fingerprint density at radius 3 is 1.41 bits per heavy atom. The lowest BCUT2D eigenvalue weighted by Gasteiger charge is -2.28. The lowest BCUT2D eigenvalue weighted by Crippen LogP contribution is -2.61. The van der Waals surface area contributed by atoms with Gasteiger partial charge >= 0.3 is 29.7 Å². The summed E-state index contributed by atoms with van der Waals surface area (Å²) in [6.07, 6.45) is 0. The van der Waals surface area contributed by atoms with Crippen molar-refractivity contribution in [3.8, 4) is 0 Å². The molecule has 0 aliphatic heterocycles. The zero-order valence-electron chi connectivity index (χ0n) is 13.4. The second kappa shape index (κ2) is 4.41. The molecule has 0 aromatic rings. The number of hydrogen-bond donors (Lipinski definition) is 0. The highest BCUT2D eigenvalue weighted by Gasteiger charge is 2.79. The molecule has 0 N–H and O–H groups in total. The van der Waals surface area contributed by atoms with Crippen molar-refractivity contribution in [1.29, 1.82) is 0 Å². The molecule has 0 spiro atoms. The zero-order valence-corrected chi connectivity index (χ0v) is 7.40. The number of methoxy groups -OCH3 is 2. The van der Waals surface area contributed by atoms with Crippen molar-refractivity contribution >= 4 is 11.9 Å². The van der Waals surface area contributed by atoms with Gasteiger partial charge in [0.25, 0.3) is 0 Å². The first-order valence-electron chi connectivity index (χ1n) is 6.36. The van der Waals surface area contributed by atoms with Crippen LogP contribution in [0.5, 0.6) is 0 Å². The molecule has 0 saturated carbocycles. The van der Waals surface area contributed by atoms with E-state index in [2.05, 4.69) is 9.47 Å². The Kier molecular flexibility index (Phi) is 2.02. The molecule has 0 aliphatic rings. The lowest BCUT2D eigenvalue weighted by molar-refractivity contribution is -0.299. The largest absolute Gasteiger partial charge is 0.464 e. The minimum Gasteiger partial charge on any atom is -0.464 e. The summed E-state index contributed by atoms with van der Waals surface area (Å²) in [6.45, 7) is 0. The van der Waals surface area contributed by atoms with Crippen LogP contribution in [0.2, 0.25) is 0 Å². The third kappa shape index (κ3) is 2.15. The van der Waals surface area contributed by atoms with Crippen LogP contribution in [0.15, 0.2) is 0 Å². The molecule has 0 amide bonds. The van der Waals surface area contributed by atoms with E-state index in [4.69, 9.17) is 8.22 Å². The monoisotopic (exact) mass is 274 g/mol. The molecule has 0 fully saturated rings. The Labute approximate surface area is 98.9 Å². The van der Waals surface area contributed by atoms with Crippen LogP contribution < -0.4 is 0 Å². The van der Waals surface area contributed by atoms with E-state index < -0.39 is 43.8 Å². The van der Waals surface area contributed by atoms with Gasteiger partial charge < -0.3 is 9.47 Å². The molecule has 0 aliphatic carbocycles. The summed E-state index contributed by atoms with van der Waals surface area (Å²) in [7, 11) is -7.93. The topological polar surface area (TPSA) is 52.6 Å². The van der Waals surface area contributed by atoms with Crippen molar-refractivity contribution in [3.63, 3.8) is 0 Å². The van der Waals surface area contributed by atoms with Crippen molar-refractivity contribution in [3.05, 3.63) is 0 Å². The fourth-order valence-electron chi connectivity index (χ4n) is 0.582. The van der Waals surface area contributed by atoms with Crippen LogP contribution in [-0.4, -0.2) is 43.8 Å². The predicted molar refractivity (Wildman–Crippen MR) is 38.9 cm³/mol. The molecule has 0 radical (unpaired) electrons. The molecular formula is C7H6F6O4. The second-order valence-corrected chi connectivity index (χ2v) is 2.50. The van der Waals surface area contributed by atoms with Gasteiger partial charge in [-0.25, -0.2) is 9.59 Å². The average molecular weight is 274 g/mol. The fraction of sp³-hybridized carbons (Fsp3) is 0.714. The first-order valence-corrected chi connectivity index (χ1v) is 3.36. The molecule has 0 saturated heterocycles. The third-order valence-electron chi connectivity index (χ3n) is 1.49. The van der Waals surface area contributed by atoms with Gasteiger partial charge in [0.15, 0.2) is 0 Å². The van der Waals surface area contributed by atoms with Gasteiger partial charge in [0.2, 0.25) is 0 Å². The zero-order chi connectivity index (χ0) is 19.1. The van der Waals surface area contributed by atoms with E-state index in [0.717, 1.165) is 0 Å². The molecule has 0 rings (SSSR count). The van der Waals surface area contributed by atoms with Crippen LogP contribution in [0.1, 0.15) is 8.22 Å². The molecule has 0 bridgehead atoms. The molecule has 0 aromatic carbocycles. The summed E-state index contributed by atoms with van der Waals surface area (Å²) in [6, 6.07) is 0. The fourth-order valence-corrected chi connectivity index (χ4v) is 0.582. The van der Waals surface area contributed by atoms with Crippen molar-refractivity contribution < 1.29 is 53.6 Å². The summed E-state index contributed by atoms with van der Waals surface area (Å²) in [4.78, 5) is 21.3. The molecule has 0 unspecified atom stereocenters. The lowest BCUT2D eigenvalue weighted by atomic mass is 10.0. The van der Waals surface area contributed by atoms with Crippen molar-refractivity contribution in [2.24, 2.45) is 0 Å². The predicted octanol–water partition coefficient (Wildman–Crippen LogP) is 1.24. The van der Waals surface area contributed by atoms with Gasteiger partial charge in [0.1, 0.15) is 0 Å². The van der Waals surface area contributed by atoms with Crippen LogP contribution in [0.25, 0.3) is 0 Å². The molecule has 0 aromatic heterocycles. The molecule has 100 valence electrons. The Balaban J connectivity index is 5.65. The highest BCUT2D eigenvalue weighted by Crippen LogP contribution is 2.46. The molecule has 0 heterocycles. The first-order chi connectivity index (χ1) is 9.76. The summed E-state index contributed by atoms with van der Waals surface area (Å²) < 4.78 is 122. The smallest absolute Gasteiger partial charge is 0.411 e. The van der Waals surface area contributed by atoms with Crippen molar-refractivity contribution in [2.45, 2.75) is 17.8 Å². The van der Waals surface area contributed by atoms with Gasteiger partial charge in [-0.2, -0.15) is 26.3 Å². The number of halogens is 6. The molecule has 4 nitrogen and oxygen atoms in total. The number of esters is 2. The van der Waals surface area contributed by atoms with E-state index in [9.17, 15) is 35.9 Å². The quantitative estimate of drug-likeness (QED) is 0.571. The van der Waals surface area contributed by atoms with Crippen LogP contribution in [0.3, 0.4) is 0 Å². The second-order valence-electron chi connectivity index (χ2n) is 2.50. The van der Waals surface area contributed by atoms with Crippen LogP contribution in [0, 0.1) is 0 Å². The number of ether oxygens (including phenoxy) is 2. The summed E-state index contributed by atoms with van der Waals surface area (Å²) >= 11 is 0. The van der Waals surface area contributed by atoms with Gasteiger partial charge in [-0.3, -0.25) is 0 Å². The SMILES string of the molecule is [2H]C([2H])([2H])OC(=O)C(F)(F)C(F)(F)C(F)(F)C(=O)OC([2H])([2H])[2H]. The summed E-state index contributed by atoms with van der Waals surface area (Å²) in [5.41, 5.74) is 0. The van der Waals surface area contributed by atoms with Gasteiger partial charge in [0, 0.05) is 0 Å². The van der Waals surface area contributed by atoms with Crippen LogP contribution >= 0.6 is 0 Å². The van der Waals surface area contributed by atoms with E-state index in [0.29, 0.717) is 0 Å². The maximum Gasteiger partial charge on any atom is 0.411 e. The Morgan fingerprint density at radius 2 is 1.18 bits per heavy atom. The number of hydrogen-bond acceptors (Lipinski definition) is 4. The van der Waals surface area contributed by atoms with E-state index in [1.54, 1.807) is 0 Å². The van der Waals surface area contributed by atoms with E-state index in [-0.39, 0.29) is 0 Å². The van der Waals surface area contributed by atoms with E-state index in [1.165, 1.54) is 0 Å². The highest BCUT2D eigenvalue weighted by atomic mass is 19.3. The third-order valence-corrected chi connectivity index (χ3v) is 1.49. The summed E-state index contributed by atoms with van der Waals surface area (Å²) in [5, 5.41) is 0. The molecule has 0 atom stereocenters.